The molecule has 5 heteroatoms. The fraction of sp³-hybridized carbons (Fsp3) is 0.636. The van der Waals surface area contributed by atoms with Crippen molar-refractivity contribution in [1.29, 1.82) is 0 Å². The van der Waals surface area contributed by atoms with E-state index in [4.69, 9.17) is 0 Å². The lowest BCUT2D eigenvalue weighted by Crippen LogP contribution is -2.22. The molecule has 2 aliphatic rings. The molecule has 1 aliphatic heterocycles. The zero-order valence-corrected chi connectivity index (χ0v) is 9.13. The van der Waals surface area contributed by atoms with Crippen molar-refractivity contribution in [2.24, 2.45) is 0 Å². The fourth-order valence-electron chi connectivity index (χ4n) is 1.99. The van der Waals surface area contributed by atoms with Gasteiger partial charge < -0.3 is 15.3 Å². The van der Waals surface area contributed by atoms with Gasteiger partial charge in [-0.3, -0.25) is 0 Å². The van der Waals surface area contributed by atoms with Crippen molar-refractivity contribution >= 4 is 11.6 Å². The molecule has 2 heterocycles. The van der Waals surface area contributed by atoms with Gasteiger partial charge in [0.1, 0.15) is 18.0 Å². The van der Waals surface area contributed by atoms with Gasteiger partial charge in [0.2, 0.25) is 0 Å². The van der Waals surface area contributed by atoms with Gasteiger partial charge in [-0.15, -0.1) is 0 Å². The molecule has 1 atom stereocenters. The van der Waals surface area contributed by atoms with Crippen molar-refractivity contribution in [2.75, 3.05) is 23.3 Å². The summed E-state index contributed by atoms with van der Waals surface area (Å²) in [4.78, 5) is 10.5. The van der Waals surface area contributed by atoms with Gasteiger partial charge in [-0.1, -0.05) is 0 Å². The molecule has 1 saturated carbocycles. The van der Waals surface area contributed by atoms with Gasteiger partial charge in [-0.05, 0) is 19.3 Å². The number of hydrogen-bond donors (Lipinski definition) is 2. The van der Waals surface area contributed by atoms with Crippen LogP contribution in [0.4, 0.5) is 11.6 Å². The SMILES string of the molecule is O[C@H]1CCN(c2cc(NC3CC3)ncn2)C1. The van der Waals surface area contributed by atoms with Gasteiger partial charge >= 0.3 is 0 Å². The van der Waals surface area contributed by atoms with Gasteiger partial charge in [0, 0.05) is 25.2 Å². The molecular weight excluding hydrogens is 204 g/mol. The molecule has 1 aromatic rings. The van der Waals surface area contributed by atoms with E-state index in [0.29, 0.717) is 12.6 Å². The van der Waals surface area contributed by atoms with Crippen LogP contribution in [0.25, 0.3) is 0 Å². The third kappa shape index (κ3) is 2.09. The lowest BCUT2D eigenvalue weighted by molar-refractivity contribution is 0.198. The molecule has 0 spiro atoms. The summed E-state index contributed by atoms with van der Waals surface area (Å²) in [7, 11) is 0. The van der Waals surface area contributed by atoms with Crippen molar-refractivity contribution in [2.45, 2.75) is 31.4 Å². The van der Waals surface area contributed by atoms with E-state index < -0.39 is 0 Å². The largest absolute Gasteiger partial charge is 0.391 e. The quantitative estimate of drug-likeness (QED) is 0.782. The summed E-state index contributed by atoms with van der Waals surface area (Å²) < 4.78 is 0. The van der Waals surface area contributed by atoms with E-state index in [1.54, 1.807) is 6.33 Å². The monoisotopic (exact) mass is 220 g/mol. The highest BCUT2D eigenvalue weighted by atomic mass is 16.3. The number of nitrogens with one attached hydrogen (secondary N) is 1. The number of nitrogens with zero attached hydrogens (tertiary/aromatic N) is 3. The number of β-amino-alcohol motifs (C(OH)–C–C–N with tert-alkyl or cyclic N) is 1. The van der Waals surface area contributed by atoms with E-state index in [9.17, 15) is 5.11 Å². The maximum atomic E-state index is 9.48. The molecule has 16 heavy (non-hydrogen) atoms. The standard InChI is InChI=1S/C11H16N4O/c16-9-3-4-15(6-9)11-5-10(12-7-13-11)14-8-1-2-8/h5,7-9,16H,1-4,6H2,(H,12,13,14)/t9-/m0/s1. The zero-order valence-electron chi connectivity index (χ0n) is 9.13. The van der Waals surface area contributed by atoms with E-state index in [0.717, 1.165) is 24.6 Å². The Morgan fingerprint density at radius 1 is 1.31 bits per heavy atom. The average molecular weight is 220 g/mol. The molecule has 0 bridgehead atoms. The minimum absolute atomic E-state index is 0.213. The zero-order chi connectivity index (χ0) is 11.0. The second-order valence-corrected chi connectivity index (χ2v) is 4.57. The van der Waals surface area contributed by atoms with Crippen LogP contribution < -0.4 is 10.2 Å². The van der Waals surface area contributed by atoms with Crippen molar-refractivity contribution in [1.82, 2.24) is 9.97 Å². The Morgan fingerprint density at radius 3 is 2.88 bits per heavy atom. The number of rotatable bonds is 3. The lowest BCUT2D eigenvalue weighted by atomic mass is 10.3. The van der Waals surface area contributed by atoms with E-state index >= 15 is 0 Å². The Hall–Kier alpha value is -1.36. The molecule has 1 aliphatic carbocycles. The molecule has 1 saturated heterocycles. The predicted octanol–water partition coefficient (Wildman–Crippen LogP) is 0.622. The number of aliphatic hydroxyl groups is 1. The van der Waals surface area contributed by atoms with E-state index in [1.165, 1.54) is 12.8 Å². The van der Waals surface area contributed by atoms with Crippen molar-refractivity contribution < 1.29 is 5.11 Å². The third-order valence-corrected chi connectivity index (χ3v) is 3.07. The highest BCUT2D eigenvalue weighted by Crippen LogP contribution is 2.25. The normalized spacial score (nSPS) is 24.8. The fourth-order valence-corrected chi connectivity index (χ4v) is 1.99. The first-order valence-corrected chi connectivity index (χ1v) is 5.83. The highest BCUT2D eigenvalue weighted by Gasteiger charge is 2.23. The average Bonchev–Trinajstić information content (AvgIpc) is 2.98. The summed E-state index contributed by atoms with van der Waals surface area (Å²) in [5, 5.41) is 12.8. The Bertz CT molecular complexity index is 380. The van der Waals surface area contributed by atoms with E-state index in [2.05, 4.69) is 20.2 Å². The number of anilines is 2. The van der Waals surface area contributed by atoms with Crippen LogP contribution in [-0.2, 0) is 0 Å². The van der Waals surface area contributed by atoms with Crippen LogP contribution in [0.3, 0.4) is 0 Å². The second kappa shape index (κ2) is 3.90. The van der Waals surface area contributed by atoms with Crippen LogP contribution in [0.5, 0.6) is 0 Å². The smallest absolute Gasteiger partial charge is 0.134 e. The van der Waals surface area contributed by atoms with Crippen LogP contribution >= 0.6 is 0 Å². The minimum Gasteiger partial charge on any atom is -0.391 e. The summed E-state index contributed by atoms with van der Waals surface area (Å²) in [5.74, 6) is 1.81. The summed E-state index contributed by atoms with van der Waals surface area (Å²) in [5.41, 5.74) is 0. The van der Waals surface area contributed by atoms with Gasteiger partial charge in [0.05, 0.1) is 6.10 Å². The minimum atomic E-state index is -0.213. The summed E-state index contributed by atoms with van der Waals surface area (Å²) in [6.45, 7) is 1.56. The van der Waals surface area contributed by atoms with Crippen molar-refractivity contribution in [3.8, 4) is 0 Å². The maximum absolute atomic E-state index is 9.48. The molecule has 5 nitrogen and oxygen atoms in total. The molecule has 0 aromatic carbocycles. The van der Waals surface area contributed by atoms with Gasteiger partial charge in [0.25, 0.3) is 0 Å². The number of aliphatic hydroxyl groups excluding tert-OH is 1. The molecule has 2 fully saturated rings. The first-order chi connectivity index (χ1) is 7.81. The van der Waals surface area contributed by atoms with Crippen LogP contribution in [0.15, 0.2) is 12.4 Å². The van der Waals surface area contributed by atoms with E-state index in [-0.39, 0.29) is 6.10 Å². The predicted molar refractivity (Wildman–Crippen MR) is 61.5 cm³/mol. The molecule has 0 radical (unpaired) electrons. The molecule has 86 valence electrons. The lowest BCUT2D eigenvalue weighted by Gasteiger charge is -2.16. The Balaban J connectivity index is 1.73. The van der Waals surface area contributed by atoms with Gasteiger partial charge in [-0.2, -0.15) is 0 Å². The van der Waals surface area contributed by atoms with Crippen LogP contribution in [0.2, 0.25) is 0 Å². The molecule has 0 unspecified atom stereocenters. The Kier molecular flexibility index (Phi) is 2.40. The number of aromatic nitrogens is 2. The molecule has 1 aromatic heterocycles. The Labute approximate surface area is 94.5 Å². The van der Waals surface area contributed by atoms with E-state index in [1.807, 2.05) is 6.07 Å². The molecular formula is C11H16N4O. The van der Waals surface area contributed by atoms with Gasteiger partial charge in [0.15, 0.2) is 0 Å². The van der Waals surface area contributed by atoms with Crippen LogP contribution in [0.1, 0.15) is 19.3 Å². The molecule has 3 rings (SSSR count). The second-order valence-electron chi connectivity index (χ2n) is 4.57. The maximum Gasteiger partial charge on any atom is 0.134 e. The summed E-state index contributed by atoms with van der Waals surface area (Å²) in [6, 6.07) is 2.57. The van der Waals surface area contributed by atoms with Gasteiger partial charge in [-0.25, -0.2) is 9.97 Å². The first kappa shape index (κ1) is 9.84. The summed E-state index contributed by atoms with van der Waals surface area (Å²) >= 11 is 0. The highest BCUT2D eigenvalue weighted by molar-refractivity contribution is 5.50. The van der Waals surface area contributed by atoms with Crippen molar-refractivity contribution in [3.05, 3.63) is 12.4 Å². The molecule has 2 N–H and O–H groups in total. The van der Waals surface area contributed by atoms with Crippen LogP contribution in [0, 0.1) is 0 Å². The van der Waals surface area contributed by atoms with Crippen LogP contribution in [-0.4, -0.2) is 40.3 Å². The van der Waals surface area contributed by atoms with Crippen molar-refractivity contribution in [3.63, 3.8) is 0 Å². The third-order valence-electron chi connectivity index (χ3n) is 3.07. The summed E-state index contributed by atoms with van der Waals surface area (Å²) in [6.07, 6.45) is 4.68. The first-order valence-electron chi connectivity index (χ1n) is 5.83. The molecule has 0 amide bonds. The number of hydrogen-bond acceptors (Lipinski definition) is 5. The topological polar surface area (TPSA) is 61.3 Å². The Morgan fingerprint density at radius 2 is 2.19 bits per heavy atom.